The van der Waals surface area contributed by atoms with Crippen molar-refractivity contribution in [2.24, 2.45) is 10.9 Å². The number of nitrogens with one attached hydrogen (secondary N) is 1. The molecule has 136 valence electrons. The molecule has 1 aliphatic rings. The van der Waals surface area contributed by atoms with E-state index in [1.165, 1.54) is 4.88 Å². The molecule has 24 heavy (non-hydrogen) atoms. The smallest absolute Gasteiger partial charge is 0.193 e. The summed E-state index contributed by atoms with van der Waals surface area (Å²) in [5, 5.41) is 3.36. The minimum Gasteiger partial charge on any atom is -0.381 e. The largest absolute Gasteiger partial charge is 0.381 e. The van der Waals surface area contributed by atoms with Gasteiger partial charge in [0.1, 0.15) is 0 Å². The summed E-state index contributed by atoms with van der Waals surface area (Å²) in [5.41, 5.74) is 0. The predicted octanol–water partition coefficient (Wildman–Crippen LogP) is 3.35. The van der Waals surface area contributed by atoms with Crippen molar-refractivity contribution in [1.29, 1.82) is 0 Å². The molecule has 2 heterocycles. The van der Waals surface area contributed by atoms with Gasteiger partial charge < -0.3 is 19.7 Å². The fourth-order valence-electron chi connectivity index (χ4n) is 2.53. The maximum absolute atomic E-state index is 5.73. The van der Waals surface area contributed by atoms with Crippen LogP contribution in [0.1, 0.15) is 24.6 Å². The molecule has 0 radical (unpaired) electrons. The first-order valence-electron chi connectivity index (χ1n) is 8.58. The number of aliphatic imine (C=N–C) groups is 1. The van der Waals surface area contributed by atoms with Gasteiger partial charge in [-0.25, -0.2) is 0 Å². The fraction of sp³-hybridized carbons (Fsp3) is 0.706. The van der Waals surface area contributed by atoms with Gasteiger partial charge >= 0.3 is 0 Å². The second-order valence-corrected chi connectivity index (χ2v) is 8.50. The Hall–Kier alpha value is -0.630. The van der Waals surface area contributed by atoms with Crippen molar-refractivity contribution in [1.82, 2.24) is 10.2 Å². The van der Waals surface area contributed by atoms with Crippen molar-refractivity contribution in [3.63, 3.8) is 0 Å². The monoisotopic (exact) mass is 417 g/mol. The first-order valence-corrected chi connectivity index (χ1v) is 10.2. The Bertz CT molecular complexity index is 504. The van der Waals surface area contributed by atoms with Crippen LogP contribution in [0.15, 0.2) is 20.9 Å². The molecule has 0 spiro atoms. The topological polar surface area (TPSA) is 46.1 Å². The van der Waals surface area contributed by atoms with Crippen LogP contribution in [0.5, 0.6) is 0 Å². The van der Waals surface area contributed by atoms with Crippen molar-refractivity contribution >= 4 is 33.2 Å². The van der Waals surface area contributed by atoms with Crippen LogP contribution < -0.4 is 5.32 Å². The average Bonchev–Trinajstić information content (AvgIpc) is 3.21. The number of ether oxygens (including phenoxy) is 2. The highest BCUT2D eigenvalue weighted by atomic mass is 79.9. The summed E-state index contributed by atoms with van der Waals surface area (Å²) in [6.07, 6.45) is 2.08. The normalized spacial score (nSPS) is 18.1. The van der Waals surface area contributed by atoms with Gasteiger partial charge in [-0.15, -0.1) is 11.3 Å². The maximum atomic E-state index is 5.73. The molecular formula is C17H28BrN3O2S. The lowest BCUT2D eigenvalue weighted by Gasteiger charge is -2.21. The summed E-state index contributed by atoms with van der Waals surface area (Å²) in [7, 11) is 2.08. The molecule has 0 bridgehead atoms. The highest BCUT2D eigenvalue weighted by Gasteiger charge is 2.15. The Morgan fingerprint density at radius 1 is 1.54 bits per heavy atom. The van der Waals surface area contributed by atoms with E-state index in [-0.39, 0.29) is 0 Å². The van der Waals surface area contributed by atoms with Crippen LogP contribution in [0, 0.1) is 5.92 Å². The van der Waals surface area contributed by atoms with Gasteiger partial charge in [0.2, 0.25) is 0 Å². The Kier molecular flexibility index (Phi) is 9.09. The zero-order valence-corrected chi connectivity index (χ0v) is 17.0. The van der Waals surface area contributed by atoms with Crippen molar-refractivity contribution in [3.8, 4) is 0 Å². The lowest BCUT2D eigenvalue weighted by atomic mass is 10.1. The number of hydrogen-bond acceptors (Lipinski definition) is 4. The second kappa shape index (κ2) is 11.1. The summed E-state index contributed by atoms with van der Waals surface area (Å²) in [6, 6.07) is 4.24. The molecule has 7 heteroatoms. The predicted molar refractivity (Wildman–Crippen MR) is 104 cm³/mol. The quantitative estimate of drug-likeness (QED) is 0.380. The lowest BCUT2D eigenvalue weighted by Crippen LogP contribution is -2.38. The van der Waals surface area contributed by atoms with Crippen LogP contribution in [0.3, 0.4) is 0 Å². The number of guanidine groups is 1. The number of hydrogen-bond donors (Lipinski definition) is 1. The Morgan fingerprint density at radius 2 is 2.42 bits per heavy atom. The molecule has 0 amide bonds. The molecule has 0 aromatic carbocycles. The molecule has 1 N–H and O–H groups in total. The SMILES string of the molecule is CCNC(=NCCCOCC1CCOC1)N(C)Cc1ccc(Br)s1. The molecule has 2 rings (SSSR count). The third-order valence-corrected chi connectivity index (χ3v) is 5.41. The summed E-state index contributed by atoms with van der Waals surface area (Å²) in [4.78, 5) is 8.19. The van der Waals surface area contributed by atoms with Crippen molar-refractivity contribution < 1.29 is 9.47 Å². The van der Waals surface area contributed by atoms with Crippen LogP contribution in [0.2, 0.25) is 0 Å². The van der Waals surface area contributed by atoms with Gasteiger partial charge in [0, 0.05) is 44.1 Å². The zero-order valence-electron chi connectivity index (χ0n) is 14.6. The van der Waals surface area contributed by atoms with Crippen molar-refractivity contribution in [2.45, 2.75) is 26.3 Å². The highest BCUT2D eigenvalue weighted by Crippen LogP contribution is 2.23. The van der Waals surface area contributed by atoms with E-state index >= 15 is 0 Å². The summed E-state index contributed by atoms with van der Waals surface area (Å²) >= 11 is 5.27. The molecule has 5 nitrogen and oxygen atoms in total. The first kappa shape index (κ1) is 19.7. The van der Waals surface area contributed by atoms with Gasteiger partial charge in [-0.1, -0.05) is 0 Å². The third kappa shape index (κ3) is 7.09. The number of halogens is 1. The van der Waals surface area contributed by atoms with Gasteiger partial charge in [0.05, 0.1) is 23.5 Å². The Balaban J connectivity index is 1.68. The van der Waals surface area contributed by atoms with Crippen LogP contribution in [-0.2, 0) is 16.0 Å². The molecule has 0 aliphatic carbocycles. The van der Waals surface area contributed by atoms with Gasteiger partial charge in [-0.2, -0.15) is 0 Å². The molecule has 1 aliphatic heterocycles. The van der Waals surface area contributed by atoms with Crippen LogP contribution in [-0.4, -0.2) is 57.4 Å². The van der Waals surface area contributed by atoms with Gasteiger partial charge in [0.25, 0.3) is 0 Å². The Labute approximate surface area is 157 Å². The maximum Gasteiger partial charge on any atom is 0.193 e. The van der Waals surface area contributed by atoms with Gasteiger partial charge in [-0.05, 0) is 47.8 Å². The van der Waals surface area contributed by atoms with E-state index in [0.29, 0.717) is 5.92 Å². The van der Waals surface area contributed by atoms with E-state index in [1.807, 2.05) is 0 Å². The van der Waals surface area contributed by atoms with Gasteiger partial charge in [0.15, 0.2) is 5.96 Å². The van der Waals surface area contributed by atoms with E-state index < -0.39 is 0 Å². The van der Waals surface area contributed by atoms with E-state index in [2.05, 4.69) is 52.3 Å². The van der Waals surface area contributed by atoms with E-state index in [9.17, 15) is 0 Å². The minimum atomic E-state index is 0.585. The Morgan fingerprint density at radius 3 is 3.08 bits per heavy atom. The summed E-state index contributed by atoms with van der Waals surface area (Å²) < 4.78 is 12.2. The van der Waals surface area contributed by atoms with Crippen molar-refractivity contribution in [3.05, 3.63) is 20.8 Å². The summed E-state index contributed by atoms with van der Waals surface area (Å²) in [6.45, 7) is 7.93. The van der Waals surface area contributed by atoms with E-state index in [1.54, 1.807) is 11.3 Å². The van der Waals surface area contributed by atoms with E-state index in [4.69, 9.17) is 14.5 Å². The van der Waals surface area contributed by atoms with Gasteiger partial charge in [-0.3, -0.25) is 4.99 Å². The fourth-order valence-corrected chi connectivity index (χ4v) is 4.07. The third-order valence-electron chi connectivity index (χ3n) is 3.80. The van der Waals surface area contributed by atoms with E-state index in [0.717, 1.165) is 68.6 Å². The second-order valence-electron chi connectivity index (χ2n) is 5.96. The summed E-state index contributed by atoms with van der Waals surface area (Å²) in [5.74, 6) is 1.54. The van der Waals surface area contributed by atoms with Crippen molar-refractivity contribution in [2.75, 3.05) is 46.6 Å². The molecule has 1 fully saturated rings. The molecule has 1 unspecified atom stereocenters. The standard InChI is InChI=1S/C17H28BrN3O2S/c1-3-19-17(21(2)11-15-5-6-16(18)24-15)20-8-4-9-22-12-14-7-10-23-13-14/h5-6,14H,3-4,7-13H2,1-2H3,(H,19,20). The lowest BCUT2D eigenvalue weighted by molar-refractivity contribution is 0.0893. The molecule has 0 saturated carbocycles. The average molecular weight is 418 g/mol. The number of nitrogens with zero attached hydrogens (tertiary/aromatic N) is 2. The first-order chi connectivity index (χ1) is 11.7. The zero-order chi connectivity index (χ0) is 17.2. The van der Waals surface area contributed by atoms with Crippen LogP contribution in [0.25, 0.3) is 0 Å². The van der Waals surface area contributed by atoms with Crippen LogP contribution >= 0.6 is 27.3 Å². The van der Waals surface area contributed by atoms with Crippen LogP contribution in [0.4, 0.5) is 0 Å². The molecule has 1 atom stereocenters. The highest BCUT2D eigenvalue weighted by molar-refractivity contribution is 9.11. The minimum absolute atomic E-state index is 0.585. The molecule has 1 aromatic rings. The molecule has 1 saturated heterocycles. The number of thiophene rings is 1. The number of rotatable bonds is 9. The molecular weight excluding hydrogens is 390 g/mol. The molecule has 1 aromatic heterocycles.